The van der Waals surface area contributed by atoms with Crippen LogP contribution in [-0.4, -0.2) is 19.6 Å². The second-order valence-corrected chi connectivity index (χ2v) is 3.98. The molecule has 1 aliphatic carbocycles. The van der Waals surface area contributed by atoms with Gasteiger partial charge in [0.2, 0.25) is 0 Å². The molecule has 0 radical (unpaired) electrons. The number of fused-ring (bicyclic) bond motifs is 1. The molecule has 16 heavy (non-hydrogen) atoms. The maximum Gasteiger partial charge on any atom is 0.254 e. The zero-order valence-corrected chi connectivity index (χ0v) is 8.59. The number of hydrogen-bond donors (Lipinski definition) is 1. The molecule has 2 heterocycles. The van der Waals surface area contributed by atoms with Crippen LogP contribution >= 0.6 is 0 Å². The molecule has 80 valence electrons. The fraction of sp³-hybridized carbons (Fsp3) is 0.400. The molecular formula is C10H10N6. The zero-order valence-electron chi connectivity index (χ0n) is 8.59. The van der Waals surface area contributed by atoms with Crippen LogP contribution in [0.2, 0.25) is 0 Å². The van der Waals surface area contributed by atoms with Crippen molar-refractivity contribution in [2.75, 3.05) is 5.73 Å². The van der Waals surface area contributed by atoms with E-state index in [2.05, 4.69) is 15.1 Å². The van der Waals surface area contributed by atoms with E-state index in [0.717, 1.165) is 18.7 Å². The summed E-state index contributed by atoms with van der Waals surface area (Å²) < 4.78 is 1.45. The maximum absolute atomic E-state index is 8.82. The molecule has 0 aliphatic heterocycles. The summed E-state index contributed by atoms with van der Waals surface area (Å²) in [5, 5.41) is 13.1. The van der Waals surface area contributed by atoms with Crippen LogP contribution in [0.15, 0.2) is 6.20 Å². The Morgan fingerprint density at radius 3 is 2.94 bits per heavy atom. The van der Waals surface area contributed by atoms with Gasteiger partial charge in [0.15, 0.2) is 5.82 Å². The Kier molecular flexibility index (Phi) is 1.80. The first-order chi connectivity index (χ1) is 7.79. The number of anilines is 1. The average molecular weight is 214 g/mol. The van der Waals surface area contributed by atoms with Crippen LogP contribution in [0.4, 0.5) is 5.82 Å². The van der Waals surface area contributed by atoms with Gasteiger partial charge in [-0.05, 0) is 12.8 Å². The van der Waals surface area contributed by atoms with Crippen molar-refractivity contribution in [2.45, 2.75) is 25.2 Å². The van der Waals surface area contributed by atoms with Crippen molar-refractivity contribution >= 4 is 11.6 Å². The summed E-state index contributed by atoms with van der Waals surface area (Å²) in [6.07, 6.45) is 4.92. The van der Waals surface area contributed by atoms with Crippen molar-refractivity contribution in [1.82, 2.24) is 19.6 Å². The number of nitrogen functional groups attached to an aromatic ring is 1. The van der Waals surface area contributed by atoms with Crippen LogP contribution in [0.25, 0.3) is 5.78 Å². The molecule has 2 N–H and O–H groups in total. The third kappa shape index (κ3) is 1.15. The van der Waals surface area contributed by atoms with Gasteiger partial charge in [0.1, 0.15) is 17.5 Å². The Hall–Kier alpha value is -2.16. The predicted molar refractivity (Wildman–Crippen MR) is 56.5 cm³/mol. The Labute approximate surface area is 91.7 Å². The van der Waals surface area contributed by atoms with E-state index in [1.54, 1.807) is 0 Å². The minimum Gasteiger partial charge on any atom is -0.382 e. The average Bonchev–Trinajstić information content (AvgIpc) is 2.60. The molecule has 0 atom stereocenters. The van der Waals surface area contributed by atoms with Gasteiger partial charge in [-0.25, -0.2) is 4.98 Å². The minimum atomic E-state index is 0.311. The van der Waals surface area contributed by atoms with Crippen LogP contribution in [0.5, 0.6) is 0 Å². The summed E-state index contributed by atoms with van der Waals surface area (Å²) in [6.45, 7) is 0. The van der Waals surface area contributed by atoms with Gasteiger partial charge in [0.05, 0.1) is 6.20 Å². The maximum atomic E-state index is 8.82. The van der Waals surface area contributed by atoms with E-state index < -0.39 is 0 Å². The normalized spacial score (nSPS) is 15.9. The molecule has 0 unspecified atom stereocenters. The molecule has 3 rings (SSSR count). The van der Waals surface area contributed by atoms with Crippen LogP contribution in [-0.2, 0) is 0 Å². The van der Waals surface area contributed by atoms with Gasteiger partial charge in [0.25, 0.3) is 5.78 Å². The third-order valence-electron chi connectivity index (χ3n) is 3.01. The summed E-state index contributed by atoms with van der Waals surface area (Å²) in [4.78, 5) is 8.38. The van der Waals surface area contributed by atoms with Crippen molar-refractivity contribution in [2.24, 2.45) is 0 Å². The lowest BCUT2D eigenvalue weighted by Crippen LogP contribution is -2.10. The number of nitriles is 1. The predicted octanol–water partition coefficient (Wildman–Crippen LogP) is 0.846. The van der Waals surface area contributed by atoms with Gasteiger partial charge in [-0.1, -0.05) is 6.42 Å². The fourth-order valence-electron chi connectivity index (χ4n) is 1.79. The highest BCUT2D eigenvalue weighted by molar-refractivity contribution is 5.52. The topological polar surface area (TPSA) is 92.9 Å². The molecule has 1 saturated carbocycles. The molecule has 0 aromatic carbocycles. The molecule has 1 fully saturated rings. The largest absolute Gasteiger partial charge is 0.382 e. The minimum absolute atomic E-state index is 0.311. The summed E-state index contributed by atoms with van der Waals surface area (Å²) in [7, 11) is 0. The lowest BCUT2D eigenvalue weighted by atomic mass is 9.85. The molecule has 0 saturated heterocycles. The van der Waals surface area contributed by atoms with Crippen LogP contribution in [0.1, 0.15) is 36.6 Å². The highest BCUT2D eigenvalue weighted by Gasteiger charge is 2.24. The van der Waals surface area contributed by atoms with Crippen molar-refractivity contribution in [3.8, 4) is 6.07 Å². The Balaban J connectivity index is 2.17. The molecule has 2 aromatic rings. The summed E-state index contributed by atoms with van der Waals surface area (Å²) in [5.41, 5.74) is 6.13. The quantitative estimate of drug-likeness (QED) is 0.759. The monoisotopic (exact) mass is 214 g/mol. The molecule has 6 heteroatoms. The van der Waals surface area contributed by atoms with E-state index in [0.29, 0.717) is 23.1 Å². The number of nitrogens with two attached hydrogens (primary N) is 1. The second kappa shape index (κ2) is 3.17. The van der Waals surface area contributed by atoms with E-state index in [1.165, 1.54) is 17.1 Å². The molecular weight excluding hydrogens is 204 g/mol. The van der Waals surface area contributed by atoms with E-state index in [4.69, 9.17) is 11.0 Å². The van der Waals surface area contributed by atoms with Crippen molar-refractivity contribution in [3.05, 3.63) is 17.6 Å². The fourth-order valence-corrected chi connectivity index (χ4v) is 1.79. The first-order valence-corrected chi connectivity index (χ1v) is 5.21. The zero-order chi connectivity index (χ0) is 11.1. The Morgan fingerprint density at radius 2 is 2.31 bits per heavy atom. The molecule has 0 amide bonds. The van der Waals surface area contributed by atoms with E-state index in [1.807, 2.05) is 6.07 Å². The number of rotatable bonds is 1. The van der Waals surface area contributed by atoms with Crippen molar-refractivity contribution < 1.29 is 0 Å². The van der Waals surface area contributed by atoms with Gasteiger partial charge >= 0.3 is 0 Å². The standard InChI is InChI=1S/C10H10N6/c11-4-7-5-13-10-14-9(6-2-1-3-6)15-16(10)8(7)12/h5-6H,1-3,12H2. The molecule has 0 spiro atoms. The number of nitrogens with zero attached hydrogens (tertiary/aromatic N) is 5. The molecule has 1 aliphatic rings. The van der Waals surface area contributed by atoms with Crippen LogP contribution in [0, 0.1) is 11.3 Å². The van der Waals surface area contributed by atoms with Gasteiger partial charge in [-0.15, -0.1) is 5.10 Å². The van der Waals surface area contributed by atoms with Crippen LogP contribution < -0.4 is 5.73 Å². The number of aromatic nitrogens is 4. The molecule has 6 nitrogen and oxygen atoms in total. The van der Waals surface area contributed by atoms with Crippen LogP contribution in [0.3, 0.4) is 0 Å². The summed E-state index contributed by atoms with van der Waals surface area (Å²) >= 11 is 0. The SMILES string of the molecule is N#Cc1cnc2nc(C3CCC3)nn2c1N. The summed E-state index contributed by atoms with van der Waals surface area (Å²) in [5.74, 6) is 2.01. The van der Waals surface area contributed by atoms with Gasteiger partial charge in [0, 0.05) is 5.92 Å². The van der Waals surface area contributed by atoms with Gasteiger partial charge in [-0.3, -0.25) is 0 Å². The van der Waals surface area contributed by atoms with Crippen molar-refractivity contribution in [1.29, 1.82) is 5.26 Å². The van der Waals surface area contributed by atoms with Crippen molar-refractivity contribution in [3.63, 3.8) is 0 Å². The highest BCUT2D eigenvalue weighted by Crippen LogP contribution is 2.34. The summed E-state index contributed by atoms with van der Waals surface area (Å²) in [6, 6.07) is 1.98. The molecule has 0 bridgehead atoms. The van der Waals surface area contributed by atoms with E-state index >= 15 is 0 Å². The van der Waals surface area contributed by atoms with Gasteiger partial charge in [-0.2, -0.15) is 14.8 Å². The Morgan fingerprint density at radius 1 is 1.50 bits per heavy atom. The first kappa shape index (κ1) is 9.09. The molecule has 2 aromatic heterocycles. The lowest BCUT2D eigenvalue weighted by molar-refractivity contribution is 0.402. The highest BCUT2D eigenvalue weighted by atomic mass is 15.4. The lowest BCUT2D eigenvalue weighted by Gasteiger charge is -2.21. The second-order valence-electron chi connectivity index (χ2n) is 3.98. The Bertz CT molecular complexity index is 589. The smallest absolute Gasteiger partial charge is 0.254 e. The third-order valence-corrected chi connectivity index (χ3v) is 3.01. The number of hydrogen-bond acceptors (Lipinski definition) is 5. The van der Waals surface area contributed by atoms with E-state index in [9.17, 15) is 0 Å². The first-order valence-electron chi connectivity index (χ1n) is 5.21. The van der Waals surface area contributed by atoms with Gasteiger partial charge < -0.3 is 5.73 Å². The van der Waals surface area contributed by atoms with E-state index in [-0.39, 0.29) is 0 Å².